The van der Waals surface area contributed by atoms with Gasteiger partial charge in [0.1, 0.15) is 29.2 Å². The maximum Gasteiger partial charge on any atom is 0.251 e. The Bertz CT molecular complexity index is 1920. The zero-order valence-electron chi connectivity index (χ0n) is 25.6. The molecular weight excluding hydrogens is 644 g/mol. The van der Waals surface area contributed by atoms with Crippen molar-refractivity contribution in [2.24, 2.45) is 10.7 Å². The predicted octanol–water partition coefficient (Wildman–Crippen LogP) is 6.22. The van der Waals surface area contributed by atoms with Crippen LogP contribution in [0, 0.1) is 0 Å². The van der Waals surface area contributed by atoms with E-state index in [1.807, 2.05) is 30.3 Å². The van der Waals surface area contributed by atoms with Crippen LogP contribution >= 0.6 is 23.2 Å². The largest absolute Gasteiger partial charge is 0.495 e. The molecule has 47 heavy (non-hydrogen) atoms. The first kappa shape index (κ1) is 32.3. The number of nitrogen functional groups attached to an aromatic ring is 1. The normalized spacial score (nSPS) is 18.3. The lowest BCUT2D eigenvalue weighted by atomic mass is 9.81. The number of carbonyl (C=O) groups is 2. The van der Waals surface area contributed by atoms with Crippen molar-refractivity contribution in [1.29, 1.82) is 0 Å². The first-order chi connectivity index (χ1) is 22.4. The summed E-state index contributed by atoms with van der Waals surface area (Å²) < 4.78 is 25.7. The first-order valence-electron chi connectivity index (χ1n) is 14.9. The Morgan fingerprint density at radius 3 is 2.57 bits per heavy atom. The highest BCUT2D eigenvalue weighted by Crippen LogP contribution is 2.47. The molecule has 2 atom stereocenters. The van der Waals surface area contributed by atoms with Gasteiger partial charge in [-0.25, -0.2) is 9.37 Å². The van der Waals surface area contributed by atoms with Gasteiger partial charge in [0.05, 0.1) is 28.5 Å². The Hall–Kier alpha value is -4.67. The molecule has 9 nitrogen and oxygen atoms in total. The van der Waals surface area contributed by atoms with E-state index in [4.69, 9.17) is 49.1 Å². The average Bonchev–Trinajstić information content (AvgIpc) is 3.71. The Morgan fingerprint density at radius 2 is 1.89 bits per heavy atom. The lowest BCUT2D eigenvalue weighted by molar-refractivity contribution is -0.123. The van der Waals surface area contributed by atoms with E-state index in [1.54, 1.807) is 37.3 Å². The minimum absolute atomic E-state index is 0.0227. The summed E-state index contributed by atoms with van der Waals surface area (Å²) in [4.78, 5) is 35.4. The SMILES string of the molecule is COc1cc(C(=O)NC[C@@H](c2ccccc2)c2cc3c(c(-c4cccc(Cl)c4Cl)n2)OC[C@]3(C)C(N)=O)cc(/C=N/C2(F)CC2)c1N. The van der Waals surface area contributed by atoms with Crippen molar-refractivity contribution in [2.45, 2.75) is 36.9 Å². The van der Waals surface area contributed by atoms with E-state index in [9.17, 15) is 14.0 Å². The molecule has 12 heteroatoms. The quantitative estimate of drug-likeness (QED) is 0.103. The summed E-state index contributed by atoms with van der Waals surface area (Å²) in [5.41, 5.74) is 14.7. The Labute approximate surface area is 281 Å². The van der Waals surface area contributed by atoms with Crippen LogP contribution in [0.4, 0.5) is 10.1 Å². The summed E-state index contributed by atoms with van der Waals surface area (Å²) in [6.45, 7) is 1.85. The van der Waals surface area contributed by atoms with Crippen LogP contribution in [0.5, 0.6) is 11.5 Å². The molecule has 0 unspecified atom stereocenters. The van der Waals surface area contributed by atoms with E-state index in [-0.39, 0.29) is 35.2 Å². The van der Waals surface area contributed by atoms with Crippen molar-refractivity contribution >= 4 is 46.9 Å². The fourth-order valence-corrected chi connectivity index (χ4v) is 5.89. The molecule has 2 heterocycles. The molecule has 1 aliphatic heterocycles. The van der Waals surface area contributed by atoms with Crippen molar-refractivity contribution in [3.63, 3.8) is 0 Å². The number of benzene rings is 3. The molecule has 4 aromatic rings. The van der Waals surface area contributed by atoms with Crippen LogP contribution in [0.2, 0.25) is 10.0 Å². The molecule has 5 N–H and O–H groups in total. The molecule has 6 rings (SSSR count). The van der Waals surface area contributed by atoms with Gasteiger partial charge in [-0.15, -0.1) is 0 Å². The number of hydrogen-bond acceptors (Lipinski definition) is 7. The number of ether oxygens (including phenoxy) is 2. The number of nitrogens with zero attached hydrogens (tertiary/aromatic N) is 2. The van der Waals surface area contributed by atoms with Gasteiger partial charge in [-0.1, -0.05) is 65.7 Å². The zero-order valence-corrected chi connectivity index (χ0v) is 27.2. The second kappa shape index (κ2) is 12.5. The number of rotatable bonds is 10. The minimum Gasteiger partial charge on any atom is -0.495 e. The van der Waals surface area contributed by atoms with Gasteiger partial charge in [0.15, 0.2) is 5.79 Å². The van der Waals surface area contributed by atoms with E-state index in [1.165, 1.54) is 19.4 Å². The van der Waals surface area contributed by atoms with Crippen LogP contribution in [0.1, 0.15) is 58.4 Å². The van der Waals surface area contributed by atoms with Crippen LogP contribution < -0.4 is 26.3 Å². The fraction of sp³-hybridized carbons (Fsp3) is 0.257. The number of halogens is 3. The standard InChI is InChI=1S/C35H32Cl2FN5O4/c1-34(33(40)45)18-47-31-24(34)15-26(43-30(31)22-9-6-10-25(36)28(22)37)23(19-7-4-3-5-8-19)17-41-32(44)20-13-21(16-42-35(38)11-12-35)29(39)27(14-20)46-2/h3-10,13-16,23H,11-12,17-18,39H2,1-2H3,(H2,40,45)(H,41,44)/b42-16+/t23-,34-/m0/s1. The molecule has 1 saturated carbocycles. The highest BCUT2D eigenvalue weighted by atomic mass is 35.5. The van der Waals surface area contributed by atoms with Gasteiger partial charge in [-0.2, -0.15) is 0 Å². The topological polar surface area (TPSA) is 142 Å². The Kier molecular flexibility index (Phi) is 8.59. The van der Waals surface area contributed by atoms with E-state index in [0.717, 1.165) is 5.56 Å². The van der Waals surface area contributed by atoms with E-state index in [2.05, 4.69) is 10.3 Å². The molecule has 1 aliphatic carbocycles. The number of hydrogen-bond donors (Lipinski definition) is 3. The first-order valence-corrected chi connectivity index (χ1v) is 15.7. The summed E-state index contributed by atoms with van der Waals surface area (Å²) in [6, 6.07) is 19.5. The highest BCUT2D eigenvalue weighted by molar-refractivity contribution is 6.43. The van der Waals surface area contributed by atoms with Gasteiger partial charge in [-0.05, 0) is 36.8 Å². The number of nitrogens with one attached hydrogen (secondary N) is 1. The number of methoxy groups -OCH3 is 1. The number of aromatic nitrogens is 1. The highest BCUT2D eigenvalue weighted by Gasteiger charge is 2.45. The minimum atomic E-state index is -1.59. The molecule has 0 spiro atoms. The van der Waals surface area contributed by atoms with Crippen molar-refractivity contribution < 1.29 is 23.5 Å². The summed E-state index contributed by atoms with van der Waals surface area (Å²) in [5, 5.41) is 3.61. The number of pyridine rings is 1. The van der Waals surface area contributed by atoms with Crippen molar-refractivity contribution in [2.75, 3.05) is 26.0 Å². The van der Waals surface area contributed by atoms with Crippen LogP contribution in [-0.4, -0.2) is 49.1 Å². The summed E-state index contributed by atoms with van der Waals surface area (Å²) in [5.74, 6) is -2.41. The van der Waals surface area contributed by atoms with E-state index < -0.39 is 28.9 Å². The van der Waals surface area contributed by atoms with Crippen LogP contribution in [0.15, 0.2) is 71.7 Å². The Balaban J connectivity index is 1.41. The number of fused-ring (bicyclic) bond motifs is 1. The maximum atomic E-state index is 14.2. The fourth-order valence-electron chi connectivity index (χ4n) is 5.50. The third kappa shape index (κ3) is 6.23. The third-order valence-corrected chi connectivity index (χ3v) is 9.44. The van der Waals surface area contributed by atoms with Crippen molar-refractivity contribution in [3.8, 4) is 22.8 Å². The predicted molar refractivity (Wildman–Crippen MR) is 180 cm³/mol. The van der Waals surface area contributed by atoms with Crippen LogP contribution in [0.25, 0.3) is 11.3 Å². The van der Waals surface area contributed by atoms with Crippen LogP contribution in [0.3, 0.4) is 0 Å². The smallest absolute Gasteiger partial charge is 0.251 e. The molecule has 2 aliphatic rings. The van der Waals surface area contributed by atoms with E-state index >= 15 is 0 Å². The molecule has 0 saturated heterocycles. The molecular formula is C35H32Cl2FN5O4. The van der Waals surface area contributed by atoms with Gasteiger partial charge < -0.3 is 26.3 Å². The van der Waals surface area contributed by atoms with Gasteiger partial charge in [0.25, 0.3) is 5.91 Å². The zero-order chi connectivity index (χ0) is 33.5. The number of alkyl halides is 1. The molecule has 1 fully saturated rings. The molecule has 3 aromatic carbocycles. The maximum absolute atomic E-state index is 14.2. The number of anilines is 1. The number of nitrogens with two attached hydrogens (primary N) is 2. The second-order valence-corrected chi connectivity index (χ2v) is 12.7. The summed E-state index contributed by atoms with van der Waals surface area (Å²) >= 11 is 13.0. The lowest BCUT2D eigenvalue weighted by Gasteiger charge is -2.23. The monoisotopic (exact) mass is 675 g/mol. The molecule has 2 amide bonds. The van der Waals surface area contributed by atoms with Crippen LogP contribution in [-0.2, 0) is 10.2 Å². The van der Waals surface area contributed by atoms with Gasteiger partial charge in [0.2, 0.25) is 5.91 Å². The van der Waals surface area contributed by atoms with Crippen molar-refractivity contribution in [1.82, 2.24) is 10.3 Å². The third-order valence-electron chi connectivity index (χ3n) is 8.62. The number of carbonyl (C=O) groups excluding carboxylic acids is 2. The number of primary amides is 1. The molecule has 0 bridgehead atoms. The Morgan fingerprint density at radius 1 is 1.15 bits per heavy atom. The molecule has 1 aromatic heterocycles. The molecule has 242 valence electrons. The number of aliphatic imine (C=N–C) groups is 1. The summed E-state index contributed by atoms with van der Waals surface area (Å²) in [6.07, 6.45) is 2.02. The van der Waals surface area contributed by atoms with E-state index in [0.29, 0.717) is 51.7 Å². The second-order valence-electron chi connectivity index (χ2n) is 11.9. The van der Waals surface area contributed by atoms with Gasteiger partial charge in [-0.3, -0.25) is 14.6 Å². The van der Waals surface area contributed by atoms with Crippen molar-refractivity contribution in [3.05, 3.63) is 105 Å². The van der Waals surface area contributed by atoms with Gasteiger partial charge >= 0.3 is 0 Å². The lowest BCUT2D eigenvalue weighted by Crippen LogP contribution is -2.40. The number of amides is 2. The van der Waals surface area contributed by atoms with Gasteiger partial charge in [0, 0.05) is 53.8 Å². The summed E-state index contributed by atoms with van der Waals surface area (Å²) in [7, 11) is 1.43. The average molecular weight is 677 g/mol. The molecule has 0 radical (unpaired) electrons.